The highest BCUT2D eigenvalue weighted by molar-refractivity contribution is 6.24. The molecule has 2 nitrogen and oxygen atoms in total. The summed E-state index contributed by atoms with van der Waals surface area (Å²) in [5, 5.41) is 4.47. The molecular formula is C74H52N2. The second kappa shape index (κ2) is 20.5. The molecule has 0 saturated carbocycles. The molecule has 13 aromatic carbocycles. The number of rotatable bonds is 12. The second-order valence-electron chi connectivity index (χ2n) is 19.3. The monoisotopic (exact) mass is 968 g/mol. The van der Waals surface area contributed by atoms with Gasteiger partial charge >= 0.3 is 0 Å². The predicted molar refractivity (Wildman–Crippen MR) is 323 cm³/mol. The third kappa shape index (κ3) is 8.99. The van der Waals surface area contributed by atoms with Crippen LogP contribution in [-0.2, 0) is 0 Å². The molecule has 0 aliphatic heterocycles. The number of para-hydroxylation sites is 2. The van der Waals surface area contributed by atoms with Crippen molar-refractivity contribution in [1.82, 2.24) is 0 Å². The fourth-order valence-electron chi connectivity index (χ4n) is 10.9. The van der Waals surface area contributed by atoms with Crippen molar-refractivity contribution in [3.05, 3.63) is 315 Å². The number of hydrogen-bond acceptors (Lipinski definition) is 2. The van der Waals surface area contributed by atoms with Gasteiger partial charge in [-0.2, -0.15) is 0 Å². The van der Waals surface area contributed by atoms with Crippen molar-refractivity contribution in [3.8, 4) is 66.8 Å². The van der Waals surface area contributed by atoms with E-state index in [1.165, 1.54) is 0 Å². The maximum atomic E-state index is 2.51. The van der Waals surface area contributed by atoms with E-state index in [0.29, 0.717) is 0 Å². The maximum Gasteiger partial charge on any atom is 0.0620 e. The van der Waals surface area contributed by atoms with Crippen LogP contribution in [0.5, 0.6) is 0 Å². The van der Waals surface area contributed by atoms with Gasteiger partial charge in [-0.3, -0.25) is 0 Å². The van der Waals surface area contributed by atoms with Gasteiger partial charge in [-0.15, -0.1) is 0 Å². The summed E-state index contributed by atoms with van der Waals surface area (Å²) in [6, 6.07) is 115. The highest BCUT2D eigenvalue weighted by Gasteiger charge is 2.28. The van der Waals surface area contributed by atoms with Gasteiger partial charge in [-0.25, -0.2) is 0 Å². The van der Waals surface area contributed by atoms with Gasteiger partial charge < -0.3 is 9.80 Å². The lowest BCUT2D eigenvalue weighted by Gasteiger charge is -2.34. The molecule has 358 valence electrons. The Labute approximate surface area is 445 Å². The van der Waals surface area contributed by atoms with E-state index in [1.807, 2.05) is 0 Å². The van der Waals surface area contributed by atoms with E-state index in [2.05, 4.69) is 325 Å². The first-order valence-electron chi connectivity index (χ1n) is 26.1. The molecule has 13 aromatic rings. The fourth-order valence-corrected chi connectivity index (χ4v) is 10.9. The third-order valence-corrected chi connectivity index (χ3v) is 14.5. The molecule has 0 radical (unpaired) electrons. The second-order valence-corrected chi connectivity index (χ2v) is 19.3. The quantitative estimate of drug-likeness (QED) is 0.0889. The van der Waals surface area contributed by atoms with E-state index in [1.54, 1.807) is 0 Å². The van der Waals surface area contributed by atoms with Crippen molar-refractivity contribution in [2.24, 2.45) is 0 Å². The first-order chi connectivity index (χ1) is 37.7. The Balaban J connectivity index is 1.19. The topological polar surface area (TPSA) is 6.48 Å². The van der Waals surface area contributed by atoms with Crippen LogP contribution < -0.4 is 9.80 Å². The summed E-state index contributed by atoms with van der Waals surface area (Å²) in [4.78, 5) is 5.03. The Morgan fingerprint density at radius 3 is 0.645 bits per heavy atom. The average Bonchev–Trinajstić information content (AvgIpc) is 3.62. The molecule has 0 aromatic heterocycles. The molecule has 0 amide bonds. The highest BCUT2D eigenvalue weighted by Crippen LogP contribution is 2.54. The molecule has 0 unspecified atom stereocenters. The summed E-state index contributed by atoms with van der Waals surface area (Å²) in [6.07, 6.45) is 0. The zero-order valence-corrected chi connectivity index (χ0v) is 41.9. The largest absolute Gasteiger partial charge is 0.309 e. The first kappa shape index (κ1) is 45.8. The zero-order valence-electron chi connectivity index (χ0n) is 41.9. The molecule has 0 saturated heterocycles. The van der Waals surface area contributed by atoms with Gasteiger partial charge in [0.25, 0.3) is 0 Å². The van der Waals surface area contributed by atoms with E-state index in [-0.39, 0.29) is 0 Å². The van der Waals surface area contributed by atoms with E-state index < -0.39 is 0 Å². The van der Waals surface area contributed by atoms with Crippen LogP contribution in [0.25, 0.3) is 88.3 Å². The van der Waals surface area contributed by atoms with Crippen molar-refractivity contribution in [2.45, 2.75) is 0 Å². The van der Waals surface area contributed by atoms with Crippen LogP contribution in [0.15, 0.2) is 315 Å². The molecular weight excluding hydrogens is 917 g/mol. The van der Waals surface area contributed by atoms with E-state index in [0.717, 1.165) is 122 Å². The van der Waals surface area contributed by atoms with Gasteiger partial charge in [0.15, 0.2) is 0 Å². The summed E-state index contributed by atoms with van der Waals surface area (Å²) >= 11 is 0. The van der Waals surface area contributed by atoms with Gasteiger partial charge in [0, 0.05) is 44.3 Å². The van der Waals surface area contributed by atoms with Crippen LogP contribution in [0.1, 0.15) is 0 Å². The predicted octanol–water partition coefficient (Wildman–Crippen LogP) is 20.9. The lowest BCUT2D eigenvalue weighted by molar-refractivity contribution is 1.29. The average molecular weight is 969 g/mol. The van der Waals surface area contributed by atoms with Crippen molar-refractivity contribution < 1.29 is 0 Å². The van der Waals surface area contributed by atoms with Crippen LogP contribution in [-0.4, -0.2) is 0 Å². The number of fused-ring (bicyclic) bond motifs is 2. The maximum absolute atomic E-state index is 2.51. The van der Waals surface area contributed by atoms with E-state index in [9.17, 15) is 0 Å². The molecule has 0 N–H and O–H groups in total. The smallest absolute Gasteiger partial charge is 0.0620 e. The summed E-state index contributed by atoms with van der Waals surface area (Å²) in [6.45, 7) is 0. The third-order valence-electron chi connectivity index (χ3n) is 14.5. The molecule has 2 heteroatoms. The Morgan fingerprint density at radius 2 is 0.382 bits per heavy atom. The highest BCUT2D eigenvalue weighted by atomic mass is 15.2. The zero-order chi connectivity index (χ0) is 50.6. The SMILES string of the molecule is c1ccc(-c2cc(-c3ccccc3)cc(N(c3ccccc3)c3c4ccc(-c5ccccc5)cc4c(N(c4ccccc4)c4cc(-c5ccccc5)cc(-c5ccccc5)c4)c4ccc(-c5ccccc5)cc34)c2)cc1. The lowest BCUT2D eigenvalue weighted by atomic mass is 9.90. The minimum atomic E-state index is 1.06. The summed E-state index contributed by atoms with van der Waals surface area (Å²) in [7, 11) is 0. The number of anilines is 6. The Kier molecular flexibility index (Phi) is 12.3. The van der Waals surface area contributed by atoms with Crippen LogP contribution in [0.3, 0.4) is 0 Å². The Morgan fingerprint density at radius 1 is 0.145 bits per heavy atom. The molecule has 0 aliphatic carbocycles. The lowest BCUT2D eigenvalue weighted by Crippen LogP contribution is -2.15. The number of benzene rings is 13. The Bertz CT molecular complexity index is 3720. The Hall–Kier alpha value is -10.0. The summed E-state index contributed by atoms with van der Waals surface area (Å²) in [5.74, 6) is 0. The normalized spacial score (nSPS) is 11.2. The van der Waals surface area contributed by atoms with Crippen LogP contribution in [0, 0.1) is 0 Å². The molecule has 0 spiro atoms. The minimum absolute atomic E-state index is 1.06. The summed E-state index contributed by atoms with van der Waals surface area (Å²) < 4.78 is 0. The van der Waals surface area contributed by atoms with Crippen molar-refractivity contribution in [3.63, 3.8) is 0 Å². The minimum Gasteiger partial charge on any atom is -0.309 e. The van der Waals surface area contributed by atoms with E-state index >= 15 is 0 Å². The van der Waals surface area contributed by atoms with Crippen LogP contribution in [0.4, 0.5) is 34.1 Å². The van der Waals surface area contributed by atoms with Gasteiger partial charge in [-0.1, -0.05) is 243 Å². The van der Waals surface area contributed by atoms with Crippen molar-refractivity contribution >= 4 is 55.7 Å². The molecule has 76 heavy (non-hydrogen) atoms. The first-order valence-corrected chi connectivity index (χ1v) is 26.1. The van der Waals surface area contributed by atoms with Gasteiger partial charge in [0.1, 0.15) is 0 Å². The standard InChI is InChI=1S/C74H52N2/c1-9-25-53(26-10-1)59-41-43-69-71(51-59)73(75(65-37-21-7-22-38-65)67-47-61(55-29-13-3-14-30-55)45-62(48-67)56-31-15-4-16-32-56)70-44-42-60(54-27-11-2-12-28-54)52-72(70)74(69)76(66-39-23-8-24-40-66)68-49-63(57-33-17-5-18-34-57)46-64(50-68)58-35-19-6-20-36-58/h1-52H. The number of hydrogen-bond donors (Lipinski definition) is 0. The van der Waals surface area contributed by atoms with Crippen LogP contribution in [0.2, 0.25) is 0 Å². The van der Waals surface area contributed by atoms with E-state index in [4.69, 9.17) is 0 Å². The van der Waals surface area contributed by atoms with Crippen LogP contribution >= 0.6 is 0 Å². The van der Waals surface area contributed by atoms with Gasteiger partial charge in [0.2, 0.25) is 0 Å². The van der Waals surface area contributed by atoms with Crippen molar-refractivity contribution in [2.75, 3.05) is 9.80 Å². The fraction of sp³-hybridized carbons (Fsp3) is 0. The van der Waals surface area contributed by atoms with Gasteiger partial charge in [0.05, 0.1) is 11.4 Å². The molecule has 0 heterocycles. The number of nitrogens with zero attached hydrogens (tertiary/aromatic N) is 2. The molecule has 0 aliphatic rings. The molecule has 0 atom stereocenters. The van der Waals surface area contributed by atoms with Gasteiger partial charge in [-0.05, 0) is 140 Å². The summed E-state index contributed by atoms with van der Waals surface area (Å²) in [5.41, 5.74) is 20.2. The molecule has 13 rings (SSSR count). The molecule has 0 fully saturated rings. The molecule has 0 bridgehead atoms. The van der Waals surface area contributed by atoms with Crippen molar-refractivity contribution in [1.29, 1.82) is 0 Å².